The predicted molar refractivity (Wildman–Crippen MR) is 102 cm³/mol. The first-order valence-electron chi connectivity index (χ1n) is 7.67. The zero-order valence-corrected chi connectivity index (χ0v) is 15.8. The van der Waals surface area contributed by atoms with E-state index in [9.17, 15) is 8.78 Å². The molecule has 0 aliphatic rings. The van der Waals surface area contributed by atoms with Crippen LogP contribution in [0.2, 0.25) is 0 Å². The summed E-state index contributed by atoms with van der Waals surface area (Å²) >= 11 is 3.08. The van der Waals surface area contributed by atoms with Gasteiger partial charge in [-0.1, -0.05) is 34.1 Å². The van der Waals surface area contributed by atoms with Crippen molar-refractivity contribution in [2.24, 2.45) is 0 Å². The van der Waals surface area contributed by atoms with Gasteiger partial charge in [0.25, 0.3) is 0 Å². The number of hydrogen-bond acceptors (Lipinski definition) is 3. The zero-order valence-electron chi connectivity index (χ0n) is 14.2. The summed E-state index contributed by atoms with van der Waals surface area (Å²) in [4.78, 5) is 0. The summed E-state index contributed by atoms with van der Waals surface area (Å²) in [6.45, 7) is 0. The fourth-order valence-corrected chi connectivity index (χ4v) is 2.48. The van der Waals surface area contributed by atoms with Gasteiger partial charge in [0.15, 0.2) is 0 Å². The zero-order chi connectivity index (χ0) is 19.8. The molecule has 0 aromatic heterocycles. The van der Waals surface area contributed by atoms with Gasteiger partial charge in [-0.05, 0) is 53.6 Å². The van der Waals surface area contributed by atoms with Crippen LogP contribution in [0.3, 0.4) is 0 Å². The second-order valence-corrected chi connectivity index (χ2v) is 6.19. The van der Waals surface area contributed by atoms with Gasteiger partial charge in [0.2, 0.25) is 0 Å². The van der Waals surface area contributed by atoms with Gasteiger partial charge < -0.3 is 4.74 Å². The summed E-state index contributed by atoms with van der Waals surface area (Å²) < 4.78 is 31.7. The van der Waals surface area contributed by atoms with Gasteiger partial charge >= 0.3 is 0 Å². The number of benzene rings is 3. The largest absolute Gasteiger partial charge is 0.497 e. The Morgan fingerprint density at radius 3 is 1.78 bits per heavy atom. The predicted octanol–water partition coefficient (Wildman–Crippen LogP) is 5.83. The Morgan fingerprint density at radius 2 is 1.30 bits per heavy atom. The molecule has 0 spiro atoms. The van der Waals surface area contributed by atoms with E-state index in [1.165, 1.54) is 24.3 Å². The van der Waals surface area contributed by atoms with Crippen molar-refractivity contribution in [1.29, 1.82) is 10.5 Å². The number of ether oxygens (including phenoxy) is 1. The highest BCUT2D eigenvalue weighted by Crippen LogP contribution is 2.24. The molecule has 134 valence electrons. The average Bonchev–Trinajstić information content (AvgIpc) is 2.68. The Labute approximate surface area is 164 Å². The summed E-state index contributed by atoms with van der Waals surface area (Å²) in [6, 6.07) is 19.7. The molecule has 0 fully saturated rings. The molecule has 3 rings (SSSR count). The summed E-state index contributed by atoms with van der Waals surface area (Å²) in [6.07, 6.45) is 0. The van der Waals surface area contributed by atoms with Crippen molar-refractivity contribution in [2.45, 2.75) is 0 Å². The van der Waals surface area contributed by atoms with E-state index >= 15 is 0 Å². The average molecular weight is 427 g/mol. The van der Waals surface area contributed by atoms with Crippen molar-refractivity contribution < 1.29 is 13.5 Å². The summed E-state index contributed by atoms with van der Waals surface area (Å²) in [5.41, 5.74) is 1.75. The second kappa shape index (κ2) is 9.47. The van der Waals surface area contributed by atoms with E-state index in [-0.39, 0.29) is 11.1 Å². The fraction of sp³-hybridized carbons (Fsp3) is 0.0476. The van der Waals surface area contributed by atoms with Crippen LogP contribution in [0.1, 0.15) is 11.1 Å². The molecule has 0 atom stereocenters. The van der Waals surface area contributed by atoms with Crippen LogP contribution in [0.25, 0.3) is 11.1 Å². The van der Waals surface area contributed by atoms with Crippen LogP contribution in [0, 0.1) is 34.3 Å². The Bertz CT molecular complexity index is 1020. The molecule has 0 bridgehead atoms. The molecule has 0 heterocycles. The lowest BCUT2D eigenvalue weighted by molar-refractivity contribution is 0.415. The van der Waals surface area contributed by atoms with Crippen molar-refractivity contribution in [2.75, 3.05) is 7.11 Å². The van der Waals surface area contributed by atoms with E-state index < -0.39 is 11.6 Å². The molecule has 27 heavy (non-hydrogen) atoms. The van der Waals surface area contributed by atoms with E-state index in [2.05, 4.69) is 15.9 Å². The maximum absolute atomic E-state index is 13.4. The number of rotatable bonds is 2. The number of nitrogens with zero attached hydrogens (tertiary/aromatic N) is 2. The fourth-order valence-electron chi connectivity index (χ4n) is 2.15. The van der Waals surface area contributed by atoms with E-state index in [0.717, 1.165) is 16.9 Å². The van der Waals surface area contributed by atoms with E-state index in [0.29, 0.717) is 4.47 Å². The molecular weight excluding hydrogens is 414 g/mol. The van der Waals surface area contributed by atoms with Gasteiger partial charge in [-0.25, -0.2) is 8.78 Å². The molecule has 3 aromatic carbocycles. The first kappa shape index (κ1) is 20.1. The third-order valence-electron chi connectivity index (χ3n) is 3.56. The molecule has 3 aromatic rings. The van der Waals surface area contributed by atoms with Crippen molar-refractivity contribution in [3.05, 3.63) is 87.9 Å². The first-order chi connectivity index (χ1) is 13.0. The second-order valence-electron chi connectivity index (χ2n) is 5.27. The van der Waals surface area contributed by atoms with Crippen LogP contribution in [0.4, 0.5) is 8.78 Å². The smallest absolute Gasteiger partial charge is 0.142 e. The number of halogens is 3. The van der Waals surface area contributed by atoms with Gasteiger partial charge in [0.05, 0.1) is 18.2 Å². The third kappa shape index (κ3) is 5.37. The normalized spacial score (nSPS) is 9.41. The Balaban J connectivity index is 0.000000223. The van der Waals surface area contributed by atoms with Crippen molar-refractivity contribution in [3.63, 3.8) is 0 Å². The quantitative estimate of drug-likeness (QED) is 0.517. The summed E-state index contributed by atoms with van der Waals surface area (Å²) in [5, 5.41) is 16.9. The molecule has 6 heteroatoms. The number of methoxy groups -OCH3 is 1. The van der Waals surface area contributed by atoms with Crippen molar-refractivity contribution in [3.8, 4) is 29.0 Å². The number of nitriles is 2. The SMILES string of the molecule is COc1ccc(-c2ccc(C#N)c(F)c2)cc1.N#Cc1ccc(Br)cc1F. The van der Waals surface area contributed by atoms with Crippen molar-refractivity contribution in [1.82, 2.24) is 0 Å². The third-order valence-corrected chi connectivity index (χ3v) is 4.06. The van der Waals surface area contributed by atoms with Gasteiger partial charge in [-0.3, -0.25) is 0 Å². The highest BCUT2D eigenvalue weighted by Gasteiger charge is 2.04. The lowest BCUT2D eigenvalue weighted by Gasteiger charge is -2.04. The molecule has 0 unspecified atom stereocenters. The van der Waals surface area contributed by atoms with Crippen LogP contribution >= 0.6 is 15.9 Å². The van der Waals surface area contributed by atoms with Gasteiger partial charge in [0, 0.05) is 4.47 Å². The maximum Gasteiger partial charge on any atom is 0.142 e. The molecule has 0 aliphatic heterocycles. The standard InChI is InChI=1S/C14H10FNO.C7H3BrFN/c1-17-13-6-4-10(5-7-13)11-2-3-12(9-16)14(15)8-11;8-6-2-1-5(4-10)7(9)3-6/h2-8H,1H3;1-3H. The van der Waals surface area contributed by atoms with Crippen LogP contribution in [-0.4, -0.2) is 7.11 Å². The van der Waals surface area contributed by atoms with E-state index in [1.54, 1.807) is 31.4 Å². The van der Waals surface area contributed by atoms with Crippen LogP contribution in [0.5, 0.6) is 5.75 Å². The Morgan fingerprint density at radius 1 is 0.778 bits per heavy atom. The van der Waals surface area contributed by atoms with Crippen molar-refractivity contribution >= 4 is 15.9 Å². The highest BCUT2D eigenvalue weighted by molar-refractivity contribution is 9.10. The molecule has 0 N–H and O–H groups in total. The van der Waals surface area contributed by atoms with E-state index in [4.69, 9.17) is 15.3 Å². The van der Waals surface area contributed by atoms with E-state index in [1.807, 2.05) is 24.3 Å². The molecule has 0 radical (unpaired) electrons. The van der Waals surface area contributed by atoms with Gasteiger partial charge in [0.1, 0.15) is 29.5 Å². The summed E-state index contributed by atoms with van der Waals surface area (Å²) in [5.74, 6) is -0.236. The topological polar surface area (TPSA) is 56.8 Å². The van der Waals surface area contributed by atoms with Gasteiger partial charge in [-0.2, -0.15) is 10.5 Å². The molecule has 3 nitrogen and oxygen atoms in total. The first-order valence-corrected chi connectivity index (χ1v) is 8.47. The minimum absolute atomic E-state index is 0.0576. The molecule has 0 amide bonds. The number of hydrogen-bond donors (Lipinski definition) is 0. The summed E-state index contributed by atoms with van der Waals surface area (Å²) in [7, 11) is 1.59. The van der Waals surface area contributed by atoms with Crippen LogP contribution in [0.15, 0.2) is 65.1 Å². The van der Waals surface area contributed by atoms with Gasteiger partial charge in [-0.15, -0.1) is 0 Å². The lowest BCUT2D eigenvalue weighted by Crippen LogP contribution is -1.86. The minimum atomic E-state index is -0.499. The lowest BCUT2D eigenvalue weighted by atomic mass is 10.0. The molecular formula is C21H13BrF2N2O. The minimum Gasteiger partial charge on any atom is -0.497 e. The molecule has 0 saturated carbocycles. The molecule has 0 saturated heterocycles. The monoisotopic (exact) mass is 426 g/mol. The van der Waals surface area contributed by atoms with Crippen LogP contribution < -0.4 is 4.74 Å². The maximum atomic E-state index is 13.4. The van der Waals surface area contributed by atoms with Crippen LogP contribution in [-0.2, 0) is 0 Å². The molecule has 0 aliphatic carbocycles. The Kier molecular flexibility index (Phi) is 7.05. The Hall–Kier alpha value is -3.22. The highest BCUT2D eigenvalue weighted by atomic mass is 79.9.